The highest BCUT2D eigenvalue weighted by Gasteiger charge is 2.13. The van der Waals surface area contributed by atoms with Crippen LogP contribution in [0.2, 0.25) is 5.02 Å². The molecule has 0 aliphatic rings. The second-order valence-corrected chi connectivity index (χ2v) is 4.40. The normalized spacial score (nSPS) is 10.4. The number of aromatic nitrogens is 2. The molecule has 6 nitrogen and oxygen atoms in total. The summed E-state index contributed by atoms with van der Waals surface area (Å²) in [6.07, 6.45) is 4.42. The van der Waals surface area contributed by atoms with Gasteiger partial charge in [-0.1, -0.05) is 11.6 Å². The molecule has 100 valence electrons. The fraction of sp³-hybridized carbons (Fsp3) is 0.250. The molecule has 0 saturated carbocycles. The minimum Gasteiger partial charge on any atom is -0.379 e. The van der Waals surface area contributed by atoms with E-state index in [9.17, 15) is 10.1 Å². The smallest absolute Gasteiger partial charge is 0.293 e. The first kappa shape index (κ1) is 13.4. The van der Waals surface area contributed by atoms with Crippen molar-refractivity contribution in [3.8, 4) is 0 Å². The second kappa shape index (κ2) is 6.19. The third-order valence-corrected chi connectivity index (χ3v) is 2.83. The highest BCUT2D eigenvalue weighted by atomic mass is 35.5. The van der Waals surface area contributed by atoms with Crippen molar-refractivity contribution in [3.05, 3.63) is 51.8 Å². The molecule has 2 rings (SSSR count). The van der Waals surface area contributed by atoms with Crippen molar-refractivity contribution in [3.63, 3.8) is 0 Å². The zero-order valence-electron chi connectivity index (χ0n) is 10.1. The Morgan fingerprint density at radius 2 is 2.32 bits per heavy atom. The third kappa shape index (κ3) is 3.69. The van der Waals surface area contributed by atoms with E-state index in [0.29, 0.717) is 17.3 Å². The summed E-state index contributed by atoms with van der Waals surface area (Å²) >= 11 is 5.75. The maximum absolute atomic E-state index is 10.9. The fourth-order valence-electron chi connectivity index (χ4n) is 1.70. The predicted octanol–water partition coefficient (Wildman–Crippen LogP) is 2.95. The molecule has 0 spiro atoms. The van der Waals surface area contributed by atoms with Crippen molar-refractivity contribution in [2.75, 3.05) is 11.9 Å². The van der Waals surface area contributed by atoms with Crippen LogP contribution in [0.5, 0.6) is 0 Å². The minimum absolute atomic E-state index is 0.00779. The summed E-state index contributed by atoms with van der Waals surface area (Å²) in [6.45, 7) is 1.39. The number of nitro benzene ring substituents is 1. The Morgan fingerprint density at radius 3 is 3.00 bits per heavy atom. The Hall–Kier alpha value is -2.08. The number of rotatable bonds is 6. The van der Waals surface area contributed by atoms with Gasteiger partial charge in [-0.05, 0) is 24.6 Å². The van der Waals surface area contributed by atoms with Crippen LogP contribution in [0.15, 0.2) is 36.7 Å². The molecule has 0 aliphatic carbocycles. The van der Waals surface area contributed by atoms with Crippen LogP contribution in [-0.4, -0.2) is 21.2 Å². The first-order valence-electron chi connectivity index (χ1n) is 5.82. The molecular formula is C12H13ClN4O2. The number of halogens is 1. The maximum Gasteiger partial charge on any atom is 0.293 e. The number of benzene rings is 1. The van der Waals surface area contributed by atoms with Crippen LogP contribution in [0, 0.1) is 10.1 Å². The first-order chi connectivity index (χ1) is 9.16. The van der Waals surface area contributed by atoms with Crippen LogP contribution in [0.4, 0.5) is 11.4 Å². The van der Waals surface area contributed by atoms with E-state index in [2.05, 4.69) is 10.4 Å². The Kier molecular flexibility index (Phi) is 4.35. The second-order valence-electron chi connectivity index (χ2n) is 3.97. The van der Waals surface area contributed by atoms with Gasteiger partial charge in [0, 0.05) is 36.6 Å². The average Bonchev–Trinajstić information content (AvgIpc) is 2.89. The average molecular weight is 281 g/mol. The van der Waals surface area contributed by atoms with E-state index in [0.717, 1.165) is 13.0 Å². The van der Waals surface area contributed by atoms with Crippen LogP contribution >= 0.6 is 11.6 Å². The first-order valence-corrected chi connectivity index (χ1v) is 6.20. The summed E-state index contributed by atoms with van der Waals surface area (Å²) in [7, 11) is 0. The molecule has 0 fully saturated rings. The highest BCUT2D eigenvalue weighted by Crippen LogP contribution is 2.27. The van der Waals surface area contributed by atoms with E-state index in [-0.39, 0.29) is 5.69 Å². The summed E-state index contributed by atoms with van der Waals surface area (Å²) in [5.41, 5.74) is 0.474. The Labute approximate surface area is 115 Å². The van der Waals surface area contributed by atoms with Gasteiger partial charge in [0.15, 0.2) is 0 Å². The molecule has 1 aromatic heterocycles. The lowest BCUT2D eigenvalue weighted by atomic mass is 10.2. The Bertz CT molecular complexity index is 557. The van der Waals surface area contributed by atoms with Gasteiger partial charge in [0.2, 0.25) is 0 Å². The van der Waals surface area contributed by atoms with E-state index in [1.807, 2.05) is 16.9 Å². The number of hydrogen-bond donors (Lipinski definition) is 1. The molecule has 0 radical (unpaired) electrons. The summed E-state index contributed by atoms with van der Waals surface area (Å²) in [4.78, 5) is 10.4. The number of aryl methyl sites for hydroxylation is 1. The molecule has 19 heavy (non-hydrogen) atoms. The largest absolute Gasteiger partial charge is 0.379 e. The molecule has 1 aromatic carbocycles. The topological polar surface area (TPSA) is 73.0 Å². The number of nitrogens with zero attached hydrogens (tertiary/aromatic N) is 3. The number of nitrogens with one attached hydrogen (secondary N) is 1. The molecule has 1 heterocycles. The molecule has 0 atom stereocenters. The zero-order valence-corrected chi connectivity index (χ0v) is 10.9. The molecule has 1 N–H and O–H groups in total. The third-order valence-electron chi connectivity index (χ3n) is 2.60. The quantitative estimate of drug-likeness (QED) is 0.501. The lowest BCUT2D eigenvalue weighted by Crippen LogP contribution is -2.08. The maximum atomic E-state index is 10.9. The number of hydrogen-bond acceptors (Lipinski definition) is 4. The zero-order chi connectivity index (χ0) is 13.7. The van der Waals surface area contributed by atoms with Crippen LogP contribution in [0.25, 0.3) is 0 Å². The van der Waals surface area contributed by atoms with Gasteiger partial charge >= 0.3 is 0 Å². The molecule has 0 unspecified atom stereocenters. The lowest BCUT2D eigenvalue weighted by molar-refractivity contribution is -0.383. The van der Waals surface area contributed by atoms with Gasteiger partial charge in [-0.3, -0.25) is 14.8 Å². The van der Waals surface area contributed by atoms with Crippen molar-refractivity contribution >= 4 is 23.0 Å². The van der Waals surface area contributed by atoms with E-state index in [1.165, 1.54) is 6.07 Å². The number of anilines is 1. The summed E-state index contributed by atoms with van der Waals surface area (Å²) in [5.74, 6) is 0. The Balaban J connectivity index is 1.90. The van der Waals surface area contributed by atoms with Crippen molar-refractivity contribution in [1.82, 2.24) is 9.78 Å². The van der Waals surface area contributed by atoms with E-state index >= 15 is 0 Å². The van der Waals surface area contributed by atoms with Gasteiger partial charge in [-0.2, -0.15) is 5.10 Å². The van der Waals surface area contributed by atoms with Gasteiger partial charge in [-0.25, -0.2) is 0 Å². The molecule has 7 heteroatoms. The molecular weight excluding hydrogens is 268 g/mol. The van der Waals surface area contributed by atoms with Crippen LogP contribution < -0.4 is 5.32 Å². The van der Waals surface area contributed by atoms with E-state index < -0.39 is 4.92 Å². The van der Waals surface area contributed by atoms with Gasteiger partial charge < -0.3 is 5.32 Å². The fourth-order valence-corrected chi connectivity index (χ4v) is 1.87. The molecule has 2 aromatic rings. The van der Waals surface area contributed by atoms with Crippen LogP contribution in [0.1, 0.15) is 6.42 Å². The summed E-state index contributed by atoms with van der Waals surface area (Å²) < 4.78 is 1.82. The SMILES string of the molecule is O=[N+]([O-])c1cc(Cl)ccc1NCCCn1cccn1. The minimum atomic E-state index is -0.443. The monoisotopic (exact) mass is 280 g/mol. The number of nitro groups is 1. The van der Waals surface area contributed by atoms with Gasteiger partial charge in [0.05, 0.1) is 4.92 Å². The molecule has 0 bridgehead atoms. The summed E-state index contributed by atoms with van der Waals surface area (Å²) in [6, 6.07) is 6.45. The van der Waals surface area contributed by atoms with Crippen LogP contribution in [0.3, 0.4) is 0 Å². The van der Waals surface area contributed by atoms with E-state index in [1.54, 1.807) is 18.3 Å². The molecule has 0 saturated heterocycles. The van der Waals surface area contributed by atoms with Crippen molar-refractivity contribution in [2.45, 2.75) is 13.0 Å². The highest BCUT2D eigenvalue weighted by molar-refractivity contribution is 6.30. The van der Waals surface area contributed by atoms with Gasteiger partial charge in [-0.15, -0.1) is 0 Å². The Morgan fingerprint density at radius 1 is 1.47 bits per heavy atom. The van der Waals surface area contributed by atoms with Gasteiger partial charge in [0.25, 0.3) is 5.69 Å². The molecule has 0 aliphatic heterocycles. The molecule has 0 amide bonds. The van der Waals surface area contributed by atoms with Crippen molar-refractivity contribution in [2.24, 2.45) is 0 Å². The van der Waals surface area contributed by atoms with Gasteiger partial charge in [0.1, 0.15) is 5.69 Å². The van der Waals surface area contributed by atoms with Crippen molar-refractivity contribution < 1.29 is 4.92 Å². The lowest BCUT2D eigenvalue weighted by Gasteiger charge is -2.07. The summed E-state index contributed by atoms with van der Waals surface area (Å²) in [5, 5.41) is 18.4. The van der Waals surface area contributed by atoms with Crippen molar-refractivity contribution in [1.29, 1.82) is 0 Å². The standard InChI is InChI=1S/C12H13ClN4O2/c13-10-3-4-11(12(9-10)17(18)19)14-5-1-7-16-8-2-6-15-16/h2-4,6,8-9,14H,1,5,7H2. The van der Waals surface area contributed by atoms with Crippen LogP contribution in [-0.2, 0) is 6.54 Å². The van der Waals surface area contributed by atoms with E-state index in [4.69, 9.17) is 11.6 Å². The predicted molar refractivity (Wildman–Crippen MR) is 73.4 cm³/mol.